The number of sulfone groups is 1. The molecule has 1 atom stereocenters. The Bertz CT molecular complexity index is 1600. The number of aromatic nitrogens is 1. The van der Waals surface area contributed by atoms with Gasteiger partial charge in [-0.05, 0) is 66.1 Å². The molecule has 1 heterocycles. The summed E-state index contributed by atoms with van der Waals surface area (Å²) in [6.07, 6.45) is -1.16. The van der Waals surface area contributed by atoms with Crippen LogP contribution in [0.5, 0.6) is 5.75 Å². The van der Waals surface area contributed by atoms with E-state index in [2.05, 4.69) is 16.4 Å². The number of aliphatic hydroxyl groups is 2. The molecular weight excluding hydrogens is 526 g/mol. The molecule has 0 radical (unpaired) electrons. The normalized spacial score (nSPS) is 12.2. The van der Waals surface area contributed by atoms with Crippen LogP contribution in [0.4, 0.5) is 5.13 Å². The number of aliphatic hydroxyl groups excluding tert-OH is 2. The van der Waals surface area contributed by atoms with E-state index in [0.717, 1.165) is 4.70 Å². The van der Waals surface area contributed by atoms with Crippen molar-refractivity contribution in [2.24, 2.45) is 0 Å². The number of amides is 1. The van der Waals surface area contributed by atoms with Gasteiger partial charge in [-0.15, -0.1) is 0 Å². The Labute approximate surface area is 223 Å². The van der Waals surface area contributed by atoms with Crippen LogP contribution >= 0.6 is 11.3 Å². The summed E-state index contributed by atoms with van der Waals surface area (Å²) in [5.74, 6) is -0.201. The van der Waals surface area contributed by atoms with Crippen molar-refractivity contribution in [1.29, 1.82) is 5.26 Å². The van der Waals surface area contributed by atoms with E-state index in [9.17, 15) is 23.4 Å². The van der Waals surface area contributed by atoms with E-state index in [1.807, 2.05) is 0 Å². The largest absolute Gasteiger partial charge is 0.476 e. The van der Waals surface area contributed by atoms with Gasteiger partial charge in [-0.3, -0.25) is 10.1 Å². The summed E-state index contributed by atoms with van der Waals surface area (Å²) in [7, 11) is -3.43. The minimum atomic E-state index is -3.43. The average molecular weight is 552 g/mol. The van der Waals surface area contributed by atoms with Crippen molar-refractivity contribution in [3.63, 3.8) is 0 Å². The molecule has 1 amide bonds. The highest BCUT2D eigenvalue weighted by Gasteiger charge is 2.26. The first-order valence-electron chi connectivity index (χ1n) is 11.6. The van der Waals surface area contributed by atoms with Crippen molar-refractivity contribution in [3.8, 4) is 11.8 Å². The molecule has 4 rings (SSSR count). The molecular formula is C27H25N3O6S2. The predicted octanol–water partition coefficient (Wildman–Crippen LogP) is 4.01. The number of aryl methyl sites for hydroxylation is 1. The molecule has 11 heteroatoms. The van der Waals surface area contributed by atoms with Crippen LogP contribution in [0.3, 0.4) is 0 Å². The van der Waals surface area contributed by atoms with Crippen molar-refractivity contribution in [3.05, 3.63) is 82.4 Å². The maximum atomic E-state index is 13.5. The number of nitriles is 1. The van der Waals surface area contributed by atoms with Gasteiger partial charge in [0.25, 0.3) is 5.91 Å². The molecule has 0 saturated carbocycles. The number of hydrogen-bond acceptors (Lipinski definition) is 9. The number of benzene rings is 3. The summed E-state index contributed by atoms with van der Waals surface area (Å²) in [4.78, 5) is 18.1. The van der Waals surface area contributed by atoms with Gasteiger partial charge in [0.1, 0.15) is 5.75 Å². The molecule has 4 aromatic rings. The zero-order chi connectivity index (χ0) is 27.4. The van der Waals surface area contributed by atoms with Gasteiger partial charge in [0.05, 0.1) is 45.7 Å². The van der Waals surface area contributed by atoms with Gasteiger partial charge in [0.2, 0.25) is 6.10 Å². The summed E-state index contributed by atoms with van der Waals surface area (Å²) >= 11 is 1.20. The number of fused-ring (bicyclic) bond motifs is 1. The van der Waals surface area contributed by atoms with Crippen molar-refractivity contribution < 1.29 is 28.2 Å². The monoisotopic (exact) mass is 551 g/mol. The zero-order valence-corrected chi connectivity index (χ0v) is 22.3. The van der Waals surface area contributed by atoms with Gasteiger partial charge in [0, 0.05) is 5.56 Å². The molecule has 3 aromatic carbocycles. The van der Waals surface area contributed by atoms with Gasteiger partial charge in [-0.1, -0.05) is 30.4 Å². The van der Waals surface area contributed by atoms with E-state index < -0.39 is 21.8 Å². The van der Waals surface area contributed by atoms with Gasteiger partial charge in [-0.2, -0.15) is 5.26 Å². The van der Waals surface area contributed by atoms with Gasteiger partial charge in [0.15, 0.2) is 15.0 Å². The molecule has 3 N–H and O–H groups in total. The fourth-order valence-corrected chi connectivity index (χ4v) is 5.64. The molecule has 1 aromatic heterocycles. The molecule has 0 spiro atoms. The van der Waals surface area contributed by atoms with Crippen molar-refractivity contribution in [2.45, 2.75) is 38.1 Å². The number of ether oxygens (including phenoxy) is 1. The number of carbonyl (C=O) groups excluding carboxylic acids is 1. The Hall–Kier alpha value is -3.82. The lowest BCUT2D eigenvalue weighted by Gasteiger charge is -2.20. The summed E-state index contributed by atoms with van der Waals surface area (Å²) in [6.45, 7) is 2.82. The van der Waals surface area contributed by atoms with Crippen LogP contribution < -0.4 is 10.1 Å². The van der Waals surface area contributed by atoms with E-state index in [1.54, 1.807) is 44.2 Å². The number of hydrogen-bond donors (Lipinski definition) is 3. The van der Waals surface area contributed by atoms with Crippen molar-refractivity contribution in [1.82, 2.24) is 4.98 Å². The fourth-order valence-electron chi connectivity index (χ4n) is 3.85. The van der Waals surface area contributed by atoms with Crippen LogP contribution in [0.25, 0.3) is 10.2 Å². The van der Waals surface area contributed by atoms with E-state index in [0.29, 0.717) is 44.2 Å². The number of nitrogens with one attached hydrogen (secondary N) is 1. The van der Waals surface area contributed by atoms with Crippen LogP contribution in [0.2, 0.25) is 0 Å². The lowest BCUT2D eigenvalue weighted by Crippen LogP contribution is -2.26. The third-order valence-corrected chi connectivity index (χ3v) is 8.67. The SMILES string of the molecule is CCS(=O)(=O)c1ccc(C(Oc2ccc(C#N)cc2C)C(=O)Nc2nc3cc(CO)c(CO)cc3s2)cc1. The van der Waals surface area contributed by atoms with Crippen LogP contribution in [0.1, 0.15) is 40.8 Å². The second-order valence-electron chi connectivity index (χ2n) is 8.48. The summed E-state index contributed by atoms with van der Waals surface area (Å²) < 4.78 is 31.3. The molecule has 0 bridgehead atoms. The van der Waals surface area contributed by atoms with Crippen LogP contribution in [-0.4, -0.2) is 35.3 Å². The molecule has 38 heavy (non-hydrogen) atoms. The number of nitrogens with zero attached hydrogens (tertiary/aromatic N) is 2. The highest BCUT2D eigenvalue weighted by atomic mass is 32.2. The Morgan fingerprint density at radius 1 is 1.11 bits per heavy atom. The van der Waals surface area contributed by atoms with Crippen LogP contribution in [-0.2, 0) is 27.8 Å². The fraction of sp³-hybridized carbons (Fsp3) is 0.222. The van der Waals surface area contributed by atoms with Crippen LogP contribution in [0.15, 0.2) is 59.5 Å². The van der Waals surface area contributed by atoms with Gasteiger partial charge >= 0.3 is 0 Å². The molecule has 0 aliphatic rings. The van der Waals surface area contributed by atoms with Crippen molar-refractivity contribution in [2.75, 3.05) is 11.1 Å². The number of rotatable bonds is 9. The molecule has 196 valence electrons. The average Bonchev–Trinajstić information content (AvgIpc) is 3.32. The number of carbonyl (C=O) groups is 1. The summed E-state index contributed by atoms with van der Waals surface area (Å²) in [5.41, 5.74) is 3.20. The standard InChI is InChI=1S/C27H25N3O6S2/c1-3-38(34,35)21-7-5-18(6-8-21)25(36-23-9-4-17(13-28)10-16(23)2)26(33)30-27-29-22-11-19(14-31)20(15-32)12-24(22)37-27/h4-12,25,31-32H,3,14-15H2,1-2H3,(H,29,30,33). The van der Waals surface area contributed by atoms with Gasteiger partial charge in [-0.25, -0.2) is 13.4 Å². The highest BCUT2D eigenvalue weighted by molar-refractivity contribution is 7.91. The number of anilines is 1. The Morgan fingerprint density at radius 3 is 2.39 bits per heavy atom. The topological polar surface area (TPSA) is 150 Å². The second kappa shape index (κ2) is 11.3. The molecule has 0 aliphatic carbocycles. The lowest BCUT2D eigenvalue weighted by molar-refractivity contribution is -0.123. The zero-order valence-electron chi connectivity index (χ0n) is 20.6. The first-order chi connectivity index (χ1) is 18.2. The third-order valence-electron chi connectivity index (χ3n) is 5.99. The second-order valence-corrected chi connectivity index (χ2v) is 11.8. The summed E-state index contributed by atoms with van der Waals surface area (Å²) in [5, 5.41) is 31.4. The third kappa shape index (κ3) is 5.69. The van der Waals surface area contributed by atoms with E-state index in [1.165, 1.54) is 35.6 Å². The van der Waals surface area contributed by atoms with Crippen molar-refractivity contribution >= 4 is 42.4 Å². The summed E-state index contributed by atoms with van der Waals surface area (Å²) in [6, 6.07) is 16.2. The molecule has 0 saturated heterocycles. The Morgan fingerprint density at radius 2 is 1.79 bits per heavy atom. The first kappa shape index (κ1) is 27.2. The quantitative estimate of drug-likeness (QED) is 0.282. The first-order valence-corrected chi connectivity index (χ1v) is 14.1. The van der Waals surface area contributed by atoms with E-state index in [-0.39, 0.29) is 23.9 Å². The maximum Gasteiger partial charge on any atom is 0.271 e. The van der Waals surface area contributed by atoms with E-state index >= 15 is 0 Å². The maximum absolute atomic E-state index is 13.5. The number of thiazole rings is 1. The smallest absolute Gasteiger partial charge is 0.271 e. The minimum absolute atomic E-state index is 0.0508. The van der Waals surface area contributed by atoms with Gasteiger partial charge < -0.3 is 14.9 Å². The van der Waals surface area contributed by atoms with Crippen LogP contribution in [0, 0.1) is 18.3 Å². The highest BCUT2D eigenvalue weighted by Crippen LogP contribution is 2.32. The molecule has 1 unspecified atom stereocenters. The Kier molecular flexibility index (Phi) is 8.08. The molecule has 0 fully saturated rings. The predicted molar refractivity (Wildman–Crippen MR) is 144 cm³/mol. The lowest BCUT2D eigenvalue weighted by atomic mass is 10.1. The Balaban J connectivity index is 1.69. The molecule has 0 aliphatic heterocycles. The molecule has 9 nitrogen and oxygen atoms in total. The van der Waals surface area contributed by atoms with E-state index in [4.69, 9.17) is 10.00 Å². The minimum Gasteiger partial charge on any atom is -0.476 e.